The monoisotopic (exact) mass is 383 g/mol. The molecule has 0 aliphatic carbocycles. The van der Waals surface area contributed by atoms with Crippen LogP contribution in [-0.4, -0.2) is 30.6 Å². The quantitative estimate of drug-likeness (QED) is 0.645. The largest absolute Gasteiger partial charge is 0.464 e. The van der Waals surface area contributed by atoms with Gasteiger partial charge in [0.05, 0.1) is 12.8 Å². The molecule has 2 heterocycles. The van der Waals surface area contributed by atoms with E-state index in [-0.39, 0.29) is 5.71 Å². The Kier molecular flexibility index (Phi) is 3.96. The molecule has 2 aromatic carbocycles. The molecule has 0 bridgehead atoms. The van der Waals surface area contributed by atoms with E-state index in [4.69, 9.17) is 16.3 Å². The van der Waals surface area contributed by atoms with Gasteiger partial charge >= 0.3 is 5.97 Å². The van der Waals surface area contributed by atoms with Crippen LogP contribution in [0.2, 0.25) is 5.02 Å². The molecule has 2 atom stereocenters. The van der Waals surface area contributed by atoms with Crippen molar-refractivity contribution in [2.24, 2.45) is 11.0 Å². The molecule has 1 fully saturated rings. The van der Waals surface area contributed by atoms with Crippen LogP contribution in [0.3, 0.4) is 0 Å². The summed E-state index contributed by atoms with van der Waals surface area (Å²) in [6, 6.07) is 15.0. The topological polar surface area (TPSA) is 88.1 Å². The second-order valence-corrected chi connectivity index (χ2v) is 6.60. The molecule has 0 aromatic heterocycles. The molecule has 0 saturated carbocycles. The number of nitrogens with one attached hydrogen (secondary N) is 1. The van der Waals surface area contributed by atoms with E-state index in [9.17, 15) is 14.4 Å². The summed E-state index contributed by atoms with van der Waals surface area (Å²) in [6.45, 7) is 0. The van der Waals surface area contributed by atoms with Crippen molar-refractivity contribution in [2.45, 2.75) is 5.54 Å². The van der Waals surface area contributed by atoms with Gasteiger partial charge in [-0.05, 0) is 29.8 Å². The minimum Gasteiger partial charge on any atom is -0.464 e. The van der Waals surface area contributed by atoms with Gasteiger partial charge in [-0.2, -0.15) is 5.10 Å². The first-order chi connectivity index (χ1) is 13.0. The first kappa shape index (κ1) is 17.2. The van der Waals surface area contributed by atoms with Crippen molar-refractivity contribution in [1.82, 2.24) is 5.43 Å². The Hall–Kier alpha value is -3.19. The summed E-state index contributed by atoms with van der Waals surface area (Å²) in [6.07, 6.45) is 0. The SMILES string of the molecule is COC(=O)C1=NN[C@]2(c3ccc(Cl)cc3)C(=O)N(c3ccccc3)C(=O)C12. The number of rotatable bonds is 3. The number of imide groups is 1. The van der Waals surface area contributed by atoms with Crippen LogP contribution in [0.4, 0.5) is 5.69 Å². The third kappa shape index (κ3) is 2.35. The Balaban J connectivity index is 1.90. The highest BCUT2D eigenvalue weighted by Crippen LogP contribution is 2.45. The lowest BCUT2D eigenvalue weighted by Gasteiger charge is -2.26. The van der Waals surface area contributed by atoms with Crippen molar-refractivity contribution in [3.8, 4) is 0 Å². The lowest BCUT2D eigenvalue weighted by molar-refractivity contribution is -0.133. The number of carbonyl (C=O) groups excluding carboxylic acids is 3. The van der Waals surface area contributed by atoms with Gasteiger partial charge in [0.1, 0.15) is 5.92 Å². The number of fused-ring (bicyclic) bond motifs is 1. The van der Waals surface area contributed by atoms with Gasteiger partial charge < -0.3 is 4.74 Å². The number of halogens is 1. The Bertz CT molecular complexity index is 974. The van der Waals surface area contributed by atoms with Crippen molar-refractivity contribution < 1.29 is 19.1 Å². The summed E-state index contributed by atoms with van der Waals surface area (Å²) >= 11 is 5.96. The van der Waals surface area contributed by atoms with Crippen LogP contribution < -0.4 is 10.3 Å². The molecule has 7 nitrogen and oxygen atoms in total. The average Bonchev–Trinajstić information content (AvgIpc) is 3.19. The Morgan fingerprint density at radius 1 is 1.15 bits per heavy atom. The summed E-state index contributed by atoms with van der Waals surface area (Å²) < 4.78 is 4.75. The lowest BCUT2D eigenvalue weighted by Crippen LogP contribution is -2.48. The van der Waals surface area contributed by atoms with E-state index in [0.717, 1.165) is 4.90 Å². The number of carbonyl (C=O) groups is 3. The number of hydrogen-bond acceptors (Lipinski definition) is 6. The van der Waals surface area contributed by atoms with E-state index in [2.05, 4.69) is 10.5 Å². The minimum absolute atomic E-state index is 0.135. The maximum Gasteiger partial charge on any atom is 0.355 e. The molecule has 1 unspecified atom stereocenters. The molecule has 27 heavy (non-hydrogen) atoms. The zero-order valence-electron chi connectivity index (χ0n) is 14.2. The second-order valence-electron chi connectivity index (χ2n) is 6.16. The Morgan fingerprint density at radius 3 is 2.44 bits per heavy atom. The fraction of sp³-hybridized carbons (Fsp3) is 0.158. The van der Waals surface area contributed by atoms with Crippen LogP contribution in [0.25, 0.3) is 0 Å². The molecule has 0 radical (unpaired) electrons. The lowest BCUT2D eigenvalue weighted by atomic mass is 9.79. The highest BCUT2D eigenvalue weighted by Gasteiger charge is 2.67. The van der Waals surface area contributed by atoms with Crippen LogP contribution in [0.5, 0.6) is 0 Å². The van der Waals surface area contributed by atoms with Crippen molar-refractivity contribution in [3.63, 3.8) is 0 Å². The summed E-state index contributed by atoms with van der Waals surface area (Å²) in [5.74, 6) is -2.97. The van der Waals surface area contributed by atoms with Gasteiger partial charge in [0.15, 0.2) is 11.3 Å². The van der Waals surface area contributed by atoms with Crippen LogP contribution in [-0.2, 0) is 24.7 Å². The van der Waals surface area contributed by atoms with E-state index in [0.29, 0.717) is 16.3 Å². The number of amides is 2. The molecular formula is C19H14ClN3O4. The van der Waals surface area contributed by atoms with Gasteiger partial charge in [-0.1, -0.05) is 41.9 Å². The number of benzene rings is 2. The Morgan fingerprint density at radius 2 is 1.81 bits per heavy atom. The van der Waals surface area contributed by atoms with Gasteiger partial charge in [-0.3, -0.25) is 15.0 Å². The molecule has 2 aromatic rings. The van der Waals surface area contributed by atoms with Crippen LogP contribution in [0.1, 0.15) is 5.56 Å². The average molecular weight is 384 g/mol. The molecule has 8 heteroatoms. The second kappa shape index (κ2) is 6.21. The Labute approximate surface area is 159 Å². The minimum atomic E-state index is -1.53. The predicted molar refractivity (Wildman–Crippen MR) is 98.1 cm³/mol. The molecule has 1 saturated heterocycles. The fourth-order valence-electron chi connectivity index (χ4n) is 3.52. The van der Waals surface area contributed by atoms with Gasteiger partial charge in [-0.25, -0.2) is 9.69 Å². The molecule has 0 spiro atoms. The third-order valence-corrected chi connectivity index (χ3v) is 5.03. The number of anilines is 1. The van der Waals surface area contributed by atoms with Crippen LogP contribution in [0.15, 0.2) is 59.7 Å². The molecule has 2 aliphatic rings. The first-order valence-electron chi connectivity index (χ1n) is 8.13. The summed E-state index contributed by atoms with van der Waals surface area (Å²) in [5, 5.41) is 4.46. The molecule has 4 rings (SSSR count). The van der Waals surface area contributed by atoms with Crippen molar-refractivity contribution in [1.29, 1.82) is 0 Å². The van der Waals surface area contributed by atoms with E-state index >= 15 is 0 Å². The number of para-hydroxylation sites is 1. The number of hydrogen-bond donors (Lipinski definition) is 1. The molecule has 136 valence electrons. The molecular weight excluding hydrogens is 370 g/mol. The zero-order valence-corrected chi connectivity index (χ0v) is 14.9. The standard InChI is InChI=1S/C19H14ClN3O4/c1-27-17(25)15-14-16(24)23(13-5-3-2-4-6-13)18(26)19(14,22-21-15)11-7-9-12(20)10-8-11/h2-10,14,22H,1H3/t14?,19-/m0/s1. The van der Waals surface area contributed by atoms with Gasteiger partial charge in [0, 0.05) is 5.02 Å². The number of nitrogens with zero attached hydrogens (tertiary/aromatic N) is 2. The molecule has 2 aliphatic heterocycles. The number of ether oxygens (including phenoxy) is 1. The highest BCUT2D eigenvalue weighted by molar-refractivity contribution is 6.47. The normalized spacial score (nSPS) is 23.7. The van der Waals surface area contributed by atoms with E-state index < -0.39 is 29.2 Å². The maximum absolute atomic E-state index is 13.4. The van der Waals surface area contributed by atoms with Crippen molar-refractivity contribution >= 4 is 40.8 Å². The summed E-state index contributed by atoms with van der Waals surface area (Å²) in [4.78, 5) is 39.9. The van der Waals surface area contributed by atoms with E-state index in [1.165, 1.54) is 7.11 Å². The summed E-state index contributed by atoms with van der Waals surface area (Å²) in [7, 11) is 1.20. The number of methoxy groups -OCH3 is 1. The van der Waals surface area contributed by atoms with Crippen LogP contribution in [0, 0.1) is 5.92 Å². The van der Waals surface area contributed by atoms with E-state index in [1.807, 2.05) is 0 Å². The van der Waals surface area contributed by atoms with E-state index in [1.54, 1.807) is 54.6 Å². The van der Waals surface area contributed by atoms with Crippen molar-refractivity contribution in [2.75, 3.05) is 12.0 Å². The van der Waals surface area contributed by atoms with Gasteiger partial charge in [0.2, 0.25) is 5.91 Å². The summed E-state index contributed by atoms with van der Waals surface area (Å²) in [5.41, 5.74) is 1.98. The van der Waals surface area contributed by atoms with Crippen molar-refractivity contribution in [3.05, 3.63) is 65.2 Å². The maximum atomic E-state index is 13.4. The molecule has 1 N–H and O–H groups in total. The predicted octanol–water partition coefficient (Wildman–Crippen LogP) is 1.86. The third-order valence-electron chi connectivity index (χ3n) is 4.78. The molecule has 2 amide bonds. The zero-order chi connectivity index (χ0) is 19.2. The number of hydrazone groups is 1. The number of esters is 1. The smallest absolute Gasteiger partial charge is 0.355 e. The fourth-order valence-corrected chi connectivity index (χ4v) is 3.64. The van der Waals surface area contributed by atoms with Gasteiger partial charge in [0.25, 0.3) is 5.91 Å². The van der Waals surface area contributed by atoms with Crippen LogP contribution >= 0.6 is 11.6 Å². The highest BCUT2D eigenvalue weighted by atomic mass is 35.5. The first-order valence-corrected chi connectivity index (χ1v) is 8.51. The van der Waals surface area contributed by atoms with Gasteiger partial charge in [-0.15, -0.1) is 0 Å².